The zero-order chi connectivity index (χ0) is 20.7. The van der Waals surface area contributed by atoms with E-state index in [1.807, 2.05) is 31.2 Å². The lowest BCUT2D eigenvalue weighted by Gasteiger charge is -2.18. The number of nitrogens with zero attached hydrogens (tertiary/aromatic N) is 1. The van der Waals surface area contributed by atoms with Crippen LogP contribution in [0.3, 0.4) is 0 Å². The van der Waals surface area contributed by atoms with Gasteiger partial charge in [0.05, 0.1) is 11.4 Å². The molecule has 0 heterocycles. The molecule has 0 unspecified atom stereocenters. The first-order chi connectivity index (χ1) is 13.2. The Morgan fingerprint density at radius 2 is 1.89 bits per heavy atom. The Morgan fingerprint density at radius 1 is 1.14 bits per heavy atom. The number of nitrogens with one attached hydrogen (secondary N) is 1. The summed E-state index contributed by atoms with van der Waals surface area (Å²) in [4.78, 5) is 13.1. The van der Waals surface area contributed by atoms with Crippen molar-refractivity contribution < 1.29 is 26.7 Å². The normalized spacial score (nSPS) is 11.3. The number of halogens is 2. The number of likely N-dealkylation sites (N-methyl/N-ethyl adjacent to an activating group) is 1. The van der Waals surface area contributed by atoms with Crippen molar-refractivity contribution in [2.24, 2.45) is 0 Å². The number of rotatable bonds is 9. The number of hydrogen-bond acceptors (Lipinski definition) is 4. The molecule has 1 amide bonds. The maximum atomic E-state index is 13.2. The van der Waals surface area contributed by atoms with Crippen LogP contribution in [-0.2, 0) is 14.8 Å². The van der Waals surface area contributed by atoms with E-state index in [0.717, 1.165) is 17.7 Å². The van der Waals surface area contributed by atoms with Gasteiger partial charge in [0, 0.05) is 20.0 Å². The molecule has 0 aliphatic heterocycles. The highest BCUT2D eigenvalue weighted by atomic mass is 32.2. The predicted octanol–water partition coefficient (Wildman–Crippen LogP) is 2.48. The summed E-state index contributed by atoms with van der Waals surface area (Å²) in [6.07, 6.45) is -0.0795. The van der Waals surface area contributed by atoms with Gasteiger partial charge in [-0.2, -0.15) is 0 Å². The molecule has 6 nitrogen and oxygen atoms in total. The second-order valence-corrected chi connectivity index (χ2v) is 7.97. The van der Waals surface area contributed by atoms with Crippen molar-refractivity contribution in [2.45, 2.75) is 18.2 Å². The number of amides is 1. The Bertz CT molecular complexity index is 935. The molecular formula is C19H22F2N2O4S. The zero-order valence-corrected chi connectivity index (χ0v) is 16.4. The van der Waals surface area contributed by atoms with Gasteiger partial charge in [0.25, 0.3) is 0 Å². The van der Waals surface area contributed by atoms with Gasteiger partial charge in [-0.3, -0.25) is 4.79 Å². The lowest BCUT2D eigenvalue weighted by Crippen LogP contribution is -2.34. The number of carbonyl (C=O) groups is 1. The summed E-state index contributed by atoms with van der Waals surface area (Å²) in [7, 11) is -2.44. The quantitative estimate of drug-likeness (QED) is 0.687. The van der Waals surface area contributed by atoms with Gasteiger partial charge >= 0.3 is 0 Å². The van der Waals surface area contributed by atoms with Crippen molar-refractivity contribution in [2.75, 3.05) is 26.7 Å². The topological polar surface area (TPSA) is 75.7 Å². The molecule has 0 aromatic heterocycles. The SMILES string of the molecule is Cc1cccc(OCCN(C)C(=O)CCNS(=O)(=O)c2ccc(F)c(F)c2)c1. The number of aryl methyl sites for hydroxylation is 1. The molecule has 0 aliphatic rings. The van der Waals surface area contributed by atoms with Crippen LogP contribution in [0.25, 0.3) is 0 Å². The summed E-state index contributed by atoms with van der Waals surface area (Å²) < 4.78 is 58.0. The van der Waals surface area contributed by atoms with Crippen molar-refractivity contribution in [1.29, 1.82) is 0 Å². The minimum atomic E-state index is -4.03. The maximum Gasteiger partial charge on any atom is 0.240 e. The smallest absolute Gasteiger partial charge is 0.240 e. The van der Waals surface area contributed by atoms with Gasteiger partial charge < -0.3 is 9.64 Å². The fourth-order valence-corrected chi connectivity index (χ4v) is 3.38. The lowest BCUT2D eigenvalue weighted by molar-refractivity contribution is -0.130. The third kappa shape index (κ3) is 6.28. The highest BCUT2D eigenvalue weighted by Crippen LogP contribution is 2.14. The number of ether oxygens (including phenoxy) is 1. The van der Waals surface area contributed by atoms with E-state index in [0.29, 0.717) is 25.0 Å². The monoisotopic (exact) mass is 412 g/mol. The zero-order valence-electron chi connectivity index (χ0n) is 15.6. The standard InChI is InChI=1S/C19H22F2N2O4S/c1-14-4-3-5-15(12-14)27-11-10-23(2)19(24)8-9-22-28(25,26)16-6-7-17(20)18(21)13-16/h3-7,12-13,22H,8-11H2,1-2H3. The number of benzene rings is 2. The molecule has 0 spiro atoms. The van der Waals surface area contributed by atoms with E-state index in [9.17, 15) is 22.0 Å². The van der Waals surface area contributed by atoms with E-state index in [1.54, 1.807) is 7.05 Å². The molecule has 0 aliphatic carbocycles. The van der Waals surface area contributed by atoms with Gasteiger partial charge in [0.1, 0.15) is 12.4 Å². The molecule has 0 bridgehead atoms. The van der Waals surface area contributed by atoms with Crippen LogP contribution in [0, 0.1) is 18.6 Å². The van der Waals surface area contributed by atoms with Gasteiger partial charge in [0.15, 0.2) is 11.6 Å². The molecule has 0 fully saturated rings. The Hall–Kier alpha value is -2.52. The van der Waals surface area contributed by atoms with Crippen LogP contribution in [0.2, 0.25) is 0 Å². The van der Waals surface area contributed by atoms with Crippen molar-refractivity contribution in [3.8, 4) is 5.75 Å². The van der Waals surface area contributed by atoms with Gasteiger partial charge in [0.2, 0.25) is 15.9 Å². The highest BCUT2D eigenvalue weighted by Gasteiger charge is 2.17. The fraction of sp³-hybridized carbons (Fsp3) is 0.316. The van der Waals surface area contributed by atoms with E-state index < -0.39 is 26.6 Å². The minimum Gasteiger partial charge on any atom is -0.492 e. The molecule has 28 heavy (non-hydrogen) atoms. The molecule has 152 valence electrons. The predicted molar refractivity (Wildman–Crippen MR) is 100 cm³/mol. The lowest BCUT2D eigenvalue weighted by atomic mass is 10.2. The number of sulfonamides is 1. The Morgan fingerprint density at radius 3 is 2.57 bits per heavy atom. The van der Waals surface area contributed by atoms with Crippen molar-refractivity contribution in [3.63, 3.8) is 0 Å². The summed E-state index contributed by atoms with van der Waals surface area (Å²) >= 11 is 0. The third-order valence-corrected chi connectivity index (χ3v) is 5.40. The van der Waals surface area contributed by atoms with Gasteiger partial charge in [-0.05, 0) is 42.8 Å². The molecule has 0 radical (unpaired) electrons. The van der Waals surface area contributed by atoms with Crippen LogP contribution < -0.4 is 9.46 Å². The number of hydrogen-bond donors (Lipinski definition) is 1. The first-order valence-electron chi connectivity index (χ1n) is 8.57. The van der Waals surface area contributed by atoms with Crippen LogP contribution in [0.1, 0.15) is 12.0 Å². The van der Waals surface area contributed by atoms with Gasteiger partial charge in [-0.1, -0.05) is 12.1 Å². The molecule has 0 saturated carbocycles. The van der Waals surface area contributed by atoms with Crippen LogP contribution in [0.5, 0.6) is 5.75 Å². The molecule has 2 rings (SSSR count). The van der Waals surface area contributed by atoms with E-state index in [4.69, 9.17) is 4.74 Å². The largest absolute Gasteiger partial charge is 0.492 e. The molecule has 2 aromatic rings. The summed E-state index contributed by atoms with van der Waals surface area (Å²) in [6, 6.07) is 9.81. The average Bonchev–Trinajstić information content (AvgIpc) is 2.63. The summed E-state index contributed by atoms with van der Waals surface area (Å²) in [6.45, 7) is 2.42. The van der Waals surface area contributed by atoms with Crippen molar-refractivity contribution >= 4 is 15.9 Å². The Kier molecular flexibility index (Phi) is 7.47. The molecule has 9 heteroatoms. The third-order valence-electron chi connectivity index (χ3n) is 3.94. The molecule has 0 atom stereocenters. The Balaban J connectivity index is 1.77. The van der Waals surface area contributed by atoms with E-state index in [-0.39, 0.29) is 18.9 Å². The average molecular weight is 412 g/mol. The molecule has 1 N–H and O–H groups in total. The Labute approximate surface area is 163 Å². The van der Waals surface area contributed by atoms with Crippen LogP contribution >= 0.6 is 0 Å². The second kappa shape index (κ2) is 9.61. The fourth-order valence-electron chi connectivity index (χ4n) is 2.34. The van der Waals surface area contributed by atoms with Gasteiger partial charge in [-0.15, -0.1) is 0 Å². The van der Waals surface area contributed by atoms with Gasteiger partial charge in [-0.25, -0.2) is 21.9 Å². The van der Waals surface area contributed by atoms with E-state index >= 15 is 0 Å². The summed E-state index contributed by atoms with van der Waals surface area (Å²) in [5.74, 6) is -1.96. The number of carbonyl (C=O) groups excluding carboxylic acids is 1. The summed E-state index contributed by atoms with van der Waals surface area (Å²) in [5.41, 5.74) is 1.07. The van der Waals surface area contributed by atoms with Crippen molar-refractivity contribution in [3.05, 3.63) is 59.7 Å². The maximum absolute atomic E-state index is 13.2. The summed E-state index contributed by atoms with van der Waals surface area (Å²) in [5, 5.41) is 0. The van der Waals surface area contributed by atoms with E-state index in [1.165, 1.54) is 4.90 Å². The minimum absolute atomic E-state index is 0.0795. The molecule has 2 aromatic carbocycles. The second-order valence-electron chi connectivity index (χ2n) is 6.20. The van der Waals surface area contributed by atoms with Crippen LogP contribution in [-0.4, -0.2) is 46.0 Å². The van der Waals surface area contributed by atoms with E-state index in [2.05, 4.69) is 4.72 Å². The van der Waals surface area contributed by atoms with Crippen molar-refractivity contribution in [1.82, 2.24) is 9.62 Å². The first-order valence-corrected chi connectivity index (χ1v) is 10.1. The van der Waals surface area contributed by atoms with Crippen LogP contribution in [0.15, 0.2) is 47.4 Å². The highest BCUT2D eigenvalue weighted by molar-refractivity contribution is 7.89. The molecule has 0 saturated heterocycles. The first kappa shape index (κ1) is 21.8. The molecular weight excluding hydrogens is 390 g/mol. The van der Waals surface area contributed by atoms with Crippen LogP contribution in [0.4, 0.5) is 8.78 Å².